The van der Waals surface area contributed by atoms with Crippen LogP contribution in [-0.4, -0.2) is 25.9 Å². The van der Waals surface area contributed by atoms with Gasteiger partial charge in [-0.3, -0.25) is 4.79 Å². The standard InChI is InChI=1S/C12H13F3O3/c1-3-18-11(16)10(12(13,14)15)8-4-6-9(17-2)7-5-8/h4-7,10H,3H2,1-2H3. The summed E-state index contributed by atoms with van der Waals surface area (Å²) < 4.78 is 47.8. The summed E-state index contributed by atoms with van der Waals surface area (Å²) in [6.07, 6.45) is -4.68. The van der Waals surface area contributed by atoms with Crippen LogP contribution in [0.3, 0.4) is 0 Å². The molecule has 3 nitrogen and oxygen atoms in total. The Kier molecular flexibility index (Phi) is 4.58. The largest absolute Gasteiger partial charge is 0.497 e. The van der Waals surface area contributed by atoms with Crippen LogP contribution in [0.2, 0.25) is 0 Å². The fourth-order valence-electron chi connectivity index (χ4n) is 1.48. The molecule has 0 N–H and O–H groups in total. The number of ether oxygens (including phenoxy) is 2. The second kappa shape index (κ2) is 5.75. The minimum Gasteiger partial charge on any atom is -0.497 e. The first-order valence-electron chi connectivity index (χ1n) is 5.27. The summed E-state index contributed by atoms with van der Waals surface area (Å²) in [4.78, 5) is 11.4. The number of hydrogen-bond donors (Lipinski definition) is 0. The highest BCUT2D eigenvalue weighted by molar-refractivity contribution is 5.79. The molecule has 18 heavy (non-hydrogen) atoms. The van der Waals surface area contributed by atoms with Gasteiger partial charge in [0.2, 0.25) is 0 Å². The van der Waals surface area contributed by atoms with Crippen LogP contribution in [-0.2, 0) is 9.53 Å². The molecule has 0 spiro atoms. The molecule has 0 aromatic heterocycles. The van der Waals surface area contributed by atoms with E-state index in [1.807, 2.05) is 0 Å². The van der Waals surface area contributed by atoms with Crippen molar-refractivity contribution >= 4 is 5.97 Å². The van der Waals surface area contributed by atoms with Crippen molar-refractivity contribution in [1.82, 2.24) is 0 Å². The van der Waals surface area contributed by atoms with E-state index in [9.17, 15) is 18.0 Å². The van der Waals surface area contributed by atoms with E-state index in [1.165, 1.54) is 38.3 Å². The Hall–Kier alpha value is -1.72. The predicted octanol–water partition coefficient (Wildman–Crippen LogP) is 2.90. The quantitative estimate of drug-likeness (QED) is 0.783. The first-order valence-corrected chi connectivity index (χ1v) is 5.27. The summed E-state index contributed by atoms with van der Waals surface area (Å²) in [5.74, 6) is -3.14. The summed E-state index contributed by atoms with van der Waals surface area (Å²) in [5.41, 5.74) is -0.165. The molecule has 1 aromatic rings. The molecule has 6 heteroatoms. The van der Waals surface area contributed by atoms with Crippen LogP contribution in [0.15, 0.2) is 24.3 Å². The Labute approximate surface area is 103 Å². The van der Waals surface area contributed by atoms with Crippen molar-refractivity contribution in [1.29, 1.82) is 0 Å². The number of halogens is 3. The van der Waals surface area contributed by atoms with E-state index in [4.69, 9.17) is 4.74 Å². The van der Waals surface area contributed by atoms with Crippen molar-refractivity contribution in [3.05, 3.63) is 29.8 Å². The Morgan fingerprint density at radius 3 is 2.22 bits per heavy atom. The Balaban J connectivity index is 3.05. The lowest BCUT2D eigenvalue weighted by molar-refractivity contribution is -0.180. The number of carbonyl (C=O) groups is 1. The molecule has 100 valence electrons. The molecule has 0 heterocycles. The number of rotatable bonds is 4. The van der Waals surface area contributed by atoms with E-state index in [0.717, 1.165) is 0 Å². The van der Waals surface area contributed by atoms with E-state index >= 15 is 0 Å². The number of alkyl halides is 3. The zero-order valence-electron chi connectivity index (χ0n) is 9.95. The average molecular weight is 262 g/mol. The first-order chi connectivity index (χ1) is 8.40. The third kappa shape index (κ3) is 3.38. The van der Waals surface area contributed by atoms with Crippen LogP contribution in [0.4, 0.5) is 13.2 Å². The topological polar surface area (TPSA) is 35.5 Å². The monoisotopic (exact) mass is 262 g/mol. The van der Waals surface area contributed by atoms with Crippen molar-refractivity contribution in [2.45, 2.75) is 19.0 Å². The fourth-order valence-corrected chi connectivity index (χ4v) is 1.48. The SMILES string of the molecule is CCOC(=O)C(c1ccc(OC)cc1)C(F)(F)F. The van der Waals surface area contributed by atoms with Gasteiger partial charge in [-0.05, 0) is 24.6 Å². The van der Waals surface area contributed by atoms with Gasteiger partial charge in [-0.25, -0.2) is 0 Å². The first kappa shape index (κ1) is 14.3. The predicted molar refractivity (Wildman–Crippen MR) is 58.4 cm³/mol. The molecule has 1 atom stereocenters. The maximum absolute atomic E-state index is 12.8. The van der Waals surface area contributed by atoms with Gasteiger partial charge in [0.15, 0.2) is 5.92 Å². The number of benzene rings is 1. The zero-order valence-corrected chi connectivity index (χ0v) is 9.95. The summed E-state index contributed by atoms with van der Waals surface area (Å²) in [6.45, 7) is 1.36. The lowest BCUT2D eigenvalue weighted by Gasteiger charge is -2.19. The maximum atomic E-state index is 12.8. The average Bonchev–Trinajstić information content (AvgIpc) is 2.28. The summed E-state index contributed by atoms with van der Waals surface area (Å²) in [6, 6.07) is 5.14. The zero-order chi connectivity index (χ0) is 13.8. The lowest BCUT2D eigenvalue weighted by Crippen LogP contribution is -2.30. The van der Waals surface area contributed by atoms with E-state index in [0.29, 0.717) is 5.75 Å². The smallest absolute Gasteiger partial charge is 0.406 e. The number of carbonyl (C=O) groups excluding carboxylic acids is 1. The van der Waals surface area contributed by atoms with Crippen LogP contribution in [0.1, 0.15) is 18.4 Å². The van der Waals surface area contributed by atoms with Crippen molar-refractivity contribution in [3.8, 4) is 5.75 Å². The van der Waals surface area contributed by atoms with Gasteiger partial charge < -0.3 is 9.47 Å². The molecule has 0 aliphatic rings. The molecule has 0 amide bonds. The third-order valence-corrected chi connectivity index (χ3v) is 2.30. The third-order valence-electron chi connectivity index (χ3n) is 2.30. The molecule has 1 unspecified atom stereocenters. The number of esters is 1. The second-order valence-electron chi connectivity index (χ2n) is 3.50. The summed E-state index contributed by atoms with van der Waals surface area (Å²) in [7, 11) is 1.40. The van der Waals surface area contributed by atoms with E-state index in [-0.39, 0.29) is 12.2 Å². The highest BCUT2D eigenvalue weighted by atomic mass is 19.4. The molecule has 0 aliphatic heterocycles. The molecule has 1 rings (SSSR count). The van der Waals surface area contributed by atoms with Crippen LogP contribution >= 0.6 is 0 Å². The van der Waals surface area contributed by atoms with E-state index in [1.54, 1.807) is 0 Å². The summed E-state index contributed by atoms with van der Waals surface area (Å²) >= 11 is 0. The molecule has 1 aromatic carbocycles. The Morgan fingerprint density at radius 1 is 1.28 bits per heavy atom. The fraction of sp³-hybridized carbons (Fsp3) is 0.417. The van der Waals surface area contributed by atoms with Crippen molar-refractivity contribution < 1.29 is 27.4 Å². The molecular weight excluding hydrogens is 249 g/mol. The second-order valence-corrected chi connectivity index (χ2v) is 3.50. The van der Waals surface area contributed by atoms with Crippen molar-refractivity contribution in [2.75, 3.05) is 13.7 Å². The van der Waals surface area contributed by atoms with Crippen molar-refractivity contribution in [2.24, 2.45) is 0 Å². The molecule has 0 saturated heterocycles. The van der Waals surface area contributed by atoms with E-state index < -0.39 is 18.1 Å². The Morgan fingerprint density at radius 2 is 1.83 bits per heavy atom. The van der Waals surface area contributed by atoms with Crippen LogP contribution in [0, 0.1) is 0 Å². The Bertz CT molecular complexity index is 398. The van der Waals surface area contributed by atoms with Crippen LogP contribution in [0.5, 0.6) is 5.75 Å². The minimum atomic E-state index is -4.68. The van der Waals surface area contributed by atoms with E-state index in [2.05, 4.69) is 4.74 Å². The van der Waals surface area contributed by atoms with Gasteiger partial charge >= 0.3 is 12.1 Å². The van der Waals surface area contributed by atoms with Crippen LogP contribution in [0.25, 0.3) is 0 Å². The van der Waals surface area contributed by atoms with Gasteiger partial charge in [0.25, 0.3) is 0 Å². The molecule has 0 radical (unpaired) electrons. The highest BCUT2D eigenvalue weighted by Crippen LogP contribution is 2.36. The lowest BCUT2D eigenvalue weighted by atomic mass is 9.98. The maximum Gasteiger partial charge on any atom is 0.406 e. The van der Waals surface area contributed by atoms with Crippen LogP contribution < -0.4 is 4.74 Å². The highest BCUT2D eigenvalue weighted by Gasteiger charge is 2.47. The molecule has 0 aliphatic carbocycles. The number of methoxy groups -OCH3 is 1. The van der Waals surface area contributed by atoms with Gasteiger partial charge in [0.05, 0.1) is 13.7 Å². The molecule has 0 bridgehead atoms. The van der Waals surface area contributed by atoms with Gasteiger partial charge in [-0.1, -0.05) is 12.1 Å². The molecule has 0 saturated carbocycles. The minimum absolute atomic E-state index is 0.0957. The van der Waals surface area contributed by atoms with Gasteiger partial charge in [0, 0.05) is 0 Å². The van der Waals surface area contributed by atoms with Gasteiger partial charge in [-0.2, -0.15) is 13.2 Å². The number of hydrogen-bond acceptors (Lipinski definition) is 3. The summed E-state index contributed by atoms with van der Waals surface area (Å²) in [5, 5.41) is 0. The van der Waals surface area contributed by atoms with Gasteiger partial charge in [-0.15, -0.1) is 0 Å². The molecular formula is C12H13F3O3. The molecule has 0 fully saturated rings. The van der Waals surface area contributed by atoms with Crippen molar-refractivity contribution in [3.63, 3.8) is 0 Å². The normalized spacial score (nSPS) is 12.9. The van der Waals surface area contributed by atoms with Gasteiger partial charge in [0.1, 0.15) is 5.75 Å².